The first kappa shape index (κ1) is 17.7. The van der Waals surface area contributed by atoms with E-state index in [-0.39, 0.29) is 24.3 Å². The lowest BCUT2D eigenvalue weighted by Gasteiger charge is -2.24. The zero-order valence-electron chi connectivity index (χ0n) is 13.0. The molecule has 0 aliphatic rings. The zero-order chi connectivity index (χ0) is 16.0. The summed E-state index contributed by atoms with van der Waals surface area (Å²) in [5.74, 6) is -0.245. The number of carbonyl (C=O) groups excluding carboxylic acids is 2. The number of amides is 1. The van der Waals surface area contributed by atoms with E-state index in [4.69, 9.17) is 4.74 Å². The van der Waals surface area contributed by atoms with E-state index in [1.807, 2.05) is 32.9 Å². The molecule has 0 aromatic heterocycles. The molecule has 21 heavy (non-hydrogen) atoms. The van der Waals surface area contributed by atoms with Crippen molar-refractivity contribution in [1.29, 1.82) is 0 Å². The molecule has 0 bridgehead atoms. The van der Waals surface area contributed by atoms with Gasteiger partial charge in [0, 0.05) is 16.6 Å². The SMILES string of the molecule is CCOC(=O)CN(CC(C)C)C(=O)c1cccc(Br)c1C. The number of esters is 1. The highest BCUT2D eigenvalue weighted by atomic mass is 79.9. The highest BCUT2D eigenvalue weighted by Gasteiger charge is 2.22. The molecule has 0 saturated carbocycles. The Morgan fingerprint density at radius 3 is 2.57 bits per heavy atom. The molecule has 0 spiro atoms. The van der Waals surface area contributed by atoms with Crippen molar-refractivity contribution in [3.63, 3.8) is 0 Å². The Balaban J connectivity index is 2.99. The van der Waals surface area contributed by atoms with Crippen LogP contribution in [-0.2, 0) is 9.53 Å². The van der Waals surface area contributed by atoms with Gasteiger partial charge in [-0.25, -0.2) is 0 Å². The smallest absolute Gasteiger partial charge is 0.325 e. The van der Waals surface area contributed by atoms with Crippen molar-refractivity contribution in [3.8, 4) is 0 Å². The third kappa shape index (κ3) is 5.16. The third-order valence-corrected chi connectivity index (χ3v) is 3.86. The Hall–Kier alpha value is -1.36. The topological polar surface area (TPSA) is 46.6 Å². The Morgan fingerprint density at radius 1 is 1.33 bits per heavy atom. The van der Waals surface area contributed by atoms with Gasteiger partial charge in [0.05, 0.1) is 6.61 Å². The minimum atomic E-state index is -0.376. The molecular weight excluding hydrogens is 334 g/mol. The second kappa shape index (κ2) is 8.17. The van der Waals surface area contributed by atoms with Crippen LogP contribution in [0.4, 0.5) is 0 Å². The molecule has 1 aromatic carbocycles. The molecule has 0 saturated heterocycles. The molecule has 0 N–H and O–H groups in total. The maximum absolute atomic E-state index is 12.7. The normalized spacial score (nSPS) is 10.6. The van der Waals surface area contributed by atoms with Crippen molar-refractivity contribution in [1.82, 2.24) is 4.90 Å². The van der Waals surface area contributed by atoms with E-state index >= 15 is 0 Å². The minimum absolute atomic E-state index is 0.0171. The molecule has 0 heterocycles. The zero-order valence-corrected chi connectivity index (χ0v) is 14.6. The minimum Gasteiger partial charge on any atom is -0.465 e. The third-order valence-electron chi connectivity index (χ3n) is 3.00. The van der Waals surface area contributed by atoms with E-state index in [0.29, 0.717) is 18.7 Å². The van der Waals surface area contributed by atoms with Gasteiger partial charge >= 0.3 is 5.97 Å². The Morgan fingerprint density at radius 2 is 2.00 bits per heavy atom. The Bertz CT molecular complexity index is 514. The van der Waals surface area contributed by atoms with Gasteiger partial charge in [-0.15, -0.1) is 0 Å². The number of rotatable bonds is 6. The van der Waals surface area contributed by atoms with E-state index in [9.17, 15) is 9.59 Å². The van der Waals surface area contributed by atoms with Gasteiger partial charge in [-0.3, -0.25) is 9.59 Å². The molecule has 5 heteroatoms. The van der Waals surface area contributed by atoms with Gasteiger partial charge in [-0.2, -0.15) is 0 Å². The number of hydrogen-bond donors (Lipinski definition) is 0. The summed E-state index contributed by atoms with van der Waals surface area (Å²) >= 11 is 3.43. The number of benzene rings is 1. The fourth-order valence-corrected chi connectivity index (χ4v) is 2.40. The standard InChI is InChI=1S/C16H22BrNO3/c1-5-21-15(19)10-18(9-11(2)3)16(20)13-7-6-8-14(17)12(13)4/h6-8,11H,5,9-10H2,1-4H3. The van der Waals surface area contributed by atoms with E-state index in [2.05, 4.69) is 15.9 Å². The summed E-state index contributed by atoms with van der Waals surface area (Å²) in [7, 11) is 0. The molecule has 4 nitrogen and oxygen atoms in total. The predicted octanol–water partition coefficient (Wildman–Crippen LogP) is 3.42. The molecule has 0 fully saturated rings. The monoisotopic (exact) mass is 355 g/mol. The van der Waals surface area contributed by atoms with Gasteiger partial charge in [0.2, 0.25) is 0 Å². The predicted molar refractivity (Wildman–Crippen MR) is 86.3 cm³/mol. The molecule has 0 aliphatic heterocycles. The van der Waals surface area contributed by atoms with Crippen LogP contribution in [0.3, 0.4) is 0 Å². The second-order valence-corrected chi connectivity index (χ2v) is 6.15. The molecule has 1 aromatic rings. The fourth-order valence-electron chi connectivity index (χ4n) is 2.03. The maximum Gasteiger partial charge on any atom is 0.325 e. The molecule has 1 rings (SSSR count). The molecular formula is C16H22BrNO3. The summed E-state index contributed by atoms with van der Waals surface area (Å²) in [5.41, 5.74) is 1.48. The van der Waals surface area contributed by atoms with Gasteiger partial charge in [0.25, 0.3) is 5.91 Å². The van der Waals surface area contributed by atoms with Gasteiger partial charge in [0.1, 0.15) is 6.54 Å². The van der Waals surface area contributed by atoms with Crippen molar-refractivity contribution in [2.45, 2.75) is 27.7 Å². The summed E-state index contributed by atoms with van der Waals surface area (Å²) in [5, 5.41) is 0. The first-order chi connectivity index (χ1) is 9.86. The van der Waals surface area contributed by atoms with Crippen molar-refractivity contribution >= 4 is 27.8 Å². The summed E-state index contributed by atoms with van der Waals surface area (Å²) in [6, 6.07) is 5.49. The summed E-state index contributed by atoms with van der Waals surface area (Å²) in [4.78, 5) is 25.9. The highest BCUT2D eigenvalue weighted by Crippen LogP contribution is 2.21. The van der Waals surface area contributed by atoms with Crippen LogP contribution in [0.1, 0.15) is 36.7 Å². The van der Waals surface area contributed by atoms with Crippen LogP contribution in [0.15, 0.2) is 22.7 Å². The van der Waals surface area contributed by atoms with Crippen LogP contribution in [0, 0.1) is 12.8 Å². The molecule has 0 atom stereocenters. The summed E-state index contributed by atoms with van der Waals surface area (Å²) in [6.45, 7) is 8.48. The van der Waals surface area contributed by atoms with Crippen LogP contribution in [-0.4, -0.2) is 36.5 Å². The lowest BCUT2D eigenvalue weighted by Crippen LogP contribution is -2.39. The average molecular weight is 356 g/mol. The van der Waals surface area contributed by atoms with Gasteiger partial charge < -0.3 is 9.64 Å². The van der Waals surface area contributed by atoms with E-state index in [0.717, 1.165) is 10.0 Å². The molecule has 116 valence electrons. The lowest BCUT2D eigenvalue weighted by atomic mass is 10.1. The van der Waals surface area contributed by atoms with E-state index in [1.54, 1.807) is 17.9 Å². The van der Waals surface area contributed by atoms with Crippen LogP contribution in [0.5, 0.6) is 0 Å². The molecule has 0 unspecified atom stereocenters. The maximum atomic E-state index is 12.7. The van der Waals surface area contributed by atoms with Gasteiger partial charge in [0.15, 0.2) is 0 Å². The van der Waals surface area contributed by atoms with Crippen molar-refractivity contribution in [2.75, 3.05) is 19.7 Å². The summed E-state index contributed by atoms with van der Waals surface area (Å²) < 4.78 is 5.84. The molecule has 1 amide bonds. The van der Waals surface area contributed by atoms with Gasteiger partial charge in [-0.05, 0) is 37.5 Å². The fraction of sp³-hybridized carbons (Fsp3) is 0.500. The number of halogens is 1. The quantitative estimate of drug-likeness (QED) is 0.734. The lowest BCUT2D eigenvalue weighted by molar-refractivity contribution is -0.143. The molecule has 0 aliphatic carbocycles. The Labute approximate surface area is 134 Å². The molecule has 0 radical (unpaired) electrons. The largest absolute Gasteiger partial charge is 0.465 e. The Kier molecular flexibility index (Phi) is 6.89. The number of hydrogen-bond acceptors (Lipinski definition) is 3. The number of carbonyl (C=O) groups is 2. The first-order valence-electron chi connectivity index (χ1n) is 7.06. The van der Waals surface area contributed by atoms with Gasteiger partial charge in [-0.1, -0.05) is 35.8 Å². The van der Waals surface area contributed by atoms with Crippen LogP contribution >= 0.6 is 15.9 Å². The average Bonchev–Trinajstić information content (AvgIpc) is 2.40. The van der Waals surface area contributed by atoms with Crippen molar-refractivity contribution < 1.29 is 14.3 Å². The second-order valence-electron chi connectivity index (χ2n) is 5.30. The first-order valence-corrected chi connectivity index (χ1v) is 7.86. The van der Waals surface area contributed by atoms with Crippen LogP contribution < -0.4 is 0 Å². The highest BCUT2D eigenvalue weighted by molar-refractivity contribution is 9.10. The van der Waals surface area contributed by atoms with Crippen LogP contribution in [0.25, 0.3) is 0 Å². The van der Waals surface area contributed by atoms with Crippen LogP contribution in [0.2, 0.25) is 0 Å². The summed E-state index contributed by atoms with van der Waals surface area (Å²) in [6.07, 6.45) is 0. The number of nitrogens with zero attached hydrogens (tertiary/aromatic N) is 1. The van der Waals surface area contributed by atoms with E-state index in [1.165, 1.54) is 0 Å². The van der Waals surface area contributed by atoms with Crippen molar-refractivity contribution in [3.05, 3.63) is 33.8 Å². The van der Waals surface area contributed by atoms with Crippen molar-refractivity contribution in [2.24, 2.45) is 5.92 Å². The van der Waals surface area contributed by atoms with E-state index < -0.39 is 0 Å². The number of ether oxygens (including phenoxy) is 1.